The Morgan fingerprint density at radius 2 is 2.00 bits per heavy atom. The molecule has 0 radical (unpaired) electrons. The van der Waals surface area contributed by atoms with E-state index >= 15 is 0 Å². The van der Waals surface area contributed by atoms with Crippen molar-refractivity contribution in [2.45, 2.75) is 19.3 Å². The fourth-order valence-corrected chi connectivity index (χ4v) is 1.75. The number of hydrogen-bond acceptors (Lipinski definition) is 3. The summed E-state index contributed by atoms with van der Waals surface area (Å²) >= 11 is 5.71. The number of aromatic nitrogens is 2. The molecule has 1 atom stereocenters. The van der Waals surface area contributed by atoms with Crippen molar-refractivity contribution in [1.82, 2.24) is 9.78 Å². The summed E-state index contributed by atoms with van der Waals surface area (Å²) in [7, 11) is 0. The molecule has 0 amide bonds. The fourth-order valence-electron chi connectivity index (χ4n) is 1.59. The first-order chi connectivity index (χ1) is 9.04. The molecule has 1 heterocycles. The van der Waals surface area contributed by atoms with E-state index in [1.165, 1.54) is 35.1 Å². The zero-order valence-electron chi connectivity index (χ0n) is 9.71. The van der Waals surface area contributed by atoms with Crippen LogP contribution in [0, 0.1) is 0 Å². The predicted octanol–water partition coefficient (Wildman–Crippen LogP) is 2.87. The van der Waals surface area contributed by atoms with Gasteiger partial charge in [-0.25, -0.2) is 0 Å². The Morgan fingerprint density at radius 3 is 2.53 bits per heavy atom. The largest absolute Gasteiger partial charge is 0.435 e. The number of alkyl halides is 2. The van der Waals surface area contributed by atoms with Gasteiger partial charge in [-0.3, -0.25) is 4.68 Å². The van der Waals surface area contributed by atoms with E-state index in [1.54, 1.807) is 6.20 Å². The first-order valence-corrected chi connectivity index (χ1v) is 5.83. The van der Waals surface area contributed by atoms with Crippen molar-refractivity contribution in [3.8, 4) is 5.75 Å². The van der Waals surface area contributed by atoms with Crippen molar-refractivity contribution >= 4 is 11.6 Å². The summed E-state index contributed by atoms with van der Waals surface area (Å²) in [6.07, 6.45) is 2.24. The molecule has 0 aliphatic heterocycles. The van der Waals surface area contributed by atoms with E-state index in [0.29, 0.717) is 10.6 Å². The van der Waals surface area contributed by atoms with Crippen LogP contribution in [-0.4, -0.2) is 21.5 Å². The van der Waals surface area contributed by atoms with Gasteiger partial charge in [0.1, 0.15) is 5.75 Å². The normalized spacial score (nSPS) is 12.7. The van der Waals surface area contributed by atoms with E-state index in [0.717, 1.165) is 0 Å². The molecule has 0 fully saturated rings. The molecule has 0 bridgehead atoms. The molecule has 4 nitrogen and oxygen atoms in total. The minimum absolute atomic E-state index is 0.0492. The number of nitrogens with zero attached hydrogens (tertiary/aromatic N) is 2. The van der Waals surface area contributed by atoms with Gasteiger partial charge in [-0.05, 0) is 17.7 Å². The SMILES string of the molecule is OC(Cn1cc(Cl)cn1)c1ccc(OC(F)F)cc1. The number of ether oxygens (including phenoxy) is 1. The van der Waals surface area contributed by atoms with Crippen molar-refractivity contribution in [3.63, 3.8) is 0 Å². The minimum atomic E-state index is -2.86. The first-order valence-electron chi connectivity index (χ1n) is 5.45. The van der Waals surface area contributed by atoms with Crippen LogP contribution in [0.4, 0.5) is 8.78 Å². The quantitative estimate of drug-likeness (QED) is 0.920. The summed E-state index contributed by atoms with van der Waals surface area (Å²) in [5.41, 5.74) is 0.577. The number of aliphatic hydroxyl groups excluding tert-OH is 1. The highest BCUT2D eigenvalue weighted by Gasteiger charge is 2.10. The molecule has 0 saturated carbocycles. The predicted molar refractivity (Wildman–Crippen MR) is 65.3 cm³/mol. The van der Waals surface area contributed by atoms with Crippen LogP contribution >= 0.6 is 11.6 Å². The van der Waals surface area contributed by atoms with Crippen LogP contribution in [0.1, 0.15) is 11.7 Å². The molecule has 0 aliphatic rings. The third kappa shape index (κ3) is 3.90. The summed E-state index contributed by atoms with van der Waals surface area (Å²) in [6.45, 7) is -2.64. The van der Waals surface area contributed by atoms with Gasteiger partial charge in [-0.15, -0.1) is 0 Å². The van der Waals surface area contributed by atoms with Crippen molar-refractivity contribution in [2.75, 3.05) is 0 Å². The molecule has 19 heavy (non-hydrogen) atoms. The van der Waals surface area contributed by atoms with E-state index in [-0.39, 0.29) is 12.3 Å². The number of halogens is 3. The number of rotatable bonds is 5. The first kappa shape index (κ1) is 13.8. The van der Waals surface area contributed by atoms with Crippen molar-refractivity contribution < 1.29 is 18.6 Å². The molecule has 2 aromatic rings. The Labute approximate surface area is 113 Å². The number of aliphatic hydroxyl groups is 1. The Balaban J connectivity index is 2.01. The lowest BCUT2D eigenvalue weighted by atomic mass is 10.1. The maximum Gasteiger partial charge on any atom is 0.387 e. The van der Waals surface area contributed by atoms with Gasteiger partial charge in [0, 0.05) is 6.20 Å². The van der Waals surface area contributed by atoms with Gasteiger partial charge in [0.15, 0.2) is 0 Å². The van der Waals surface area contributed by atoms with Gasteiger partial charge in [0.2, 0.25) is 0 Å². The zero-order chi connectivity index (χ0) is 13.8. The number of hydrogen-bond donors (Lipinski definition) is 1. The highest BCUT2D eigenvalue weighted by molar-refractivity contribution is 6.30. The second-order valence-electron chi connectivity index (χ2n) is 3.84. The van der Waals surface area contributed by atoms with E-state index in [4.69, 9.17) is 11.6 Å². The summed E-state index contributed by atoms with van der Waals surface area (Å²) in [4.78, 5) is 0. The molecule has 102 valence electrons. The highest BCUT2D eigenvalue weighted by atomic mass is 35.5. The van der Waals surface area contributed by atoms with E-state index in [1.807, 2.05) is 0 Å². The molecule has 1 N–H and O–H groups in total. The zero-order valence-corrected chi connectivity index (χ0v) is 10.5. The topological polar surface area (TPSA) is 47.3 Å². The van der Waals surface area contributed by atoms with Crippen LogP contribution < -0.4 is 4.74 Å². The lowest BCUT2D eigenvalue weighted by molar-refractivity contribution is -0.0498. The smallest absolute Gasteiger partial charge is 0.387 e. The highest BCUT2D eigenvalue weighted by Crippen LogP contribution is 2.20. The maximum atomic E-state index is 12.0. The second-order valence-corrected chi connectivity index (χ2v) is 4.28. The van der Waals surface area contributed by atoms with Crippen LogP contribution in [0.2, 0.25) is 5.02 Å². The van der Waals surface area contributed by atoms with Crippen molar-refractivity contribution in [3.05, 3.63) is 47.2 Å². The standard InChI is InChI=1S/C12H11ClF2N2O2/c13-9-5-16-17(6-9)7-11(18)8-1-3-10(4-2-8)19-12(14)15/h1-6,11-12,18H,7H2. The summed E-state index contributed by atoms with van der Waals surface area (Å²) in [5.74, 6) is 0.0492. The van der Waals surface area contributed by atoms with Crippen LogP contribution in [0.25, 0.3) is 0 Å². The Hall–Kier alpha value is -1.66. The molecule has 0 saturated heterocycles. The van der Waals surface area contributed by atoms with E-state index < -0.39 is 12.7 Å². The van der Waals surface area contributed by atoms with Gasteiger partial charge >= 0.3 is 6.61 Å². The lowest BCUT2D eigenvalue weighted by Gasteiger charge is -2.12. The van der Waals surface area contributed by atoms with Gasteiger partial charge < -0.3 is 9.84 Å². The minimum Gasteiger partial charge on any atom is -0.435 e. The van der Waals surface area contributed by atoms with Crippen molar-refractivity contribution in [1.29, 1.82) is 0 Å². The molecule has 0 spiro atoms. The third-order valence-electron chi connectivity index (χ3n) is 2.45. The molecule has 1 aromatic heterocycles. The van der Waals surface area contributed by atoms with Crippen LogP contribution in [0.15, 0.2) is 36.7 Å². The molecule has 1 aromatic carbocycles. The van der Waals surface area contributed by atoms with Gasteiger partial charge in [-0.1, -0.05) is 23.7 Å². The van der Waals surface area contributed by atoms with Gasteiger partial charge in [0.25, 0.3) is 0 Å². The molecular weight excluding hydrogens is 278 g/mol. The molecule has 1 unspecified atom stereocenters. The fraction of sp³-hybridized carbons (Fsp3) is 0.250. The van der Waals surface area contributed by atoms with Gasteiger partial charge in [0.05, 0.1) is 23.9 Å². The molecule has 7 heteroatoms. The van der Waals surface area contributed by atoms with Crippen LogP contribution in [0.3, 0.4) is 0 Å². The van der Waals surface area contributed by atoms with Crippen molar-refractivity contribution in [2.24, 2.45) is 0 Å². The lowest BCUT2D eigenvalue weighted by Crippen LogP contribution is -2.09. The van der Waals surface area contributed by atoms with Gasteiger partial charge in [-0.2, -0.15) is 13.9 Å². The average molecular weight is 289 g/mol. The number of benzene rings is 1. The van der Waals surface area contributed by atoms with Crippen LogP contribution in [0.5, 0.6) is 5.75 Å². The second kappa shape index (κ2) is 5.99. The molecule has 0 aliphatic carbocycles. The monoisotopic (exact) mass is 288 g/mol. The third-order valence-corrected chi connectivity index (χ3v) is 2.65. The Morgan fingerprint density at radius 1 is 1.32 bits per heavy atom. The van der Waals surface area contributed by atoms with E-state index in [2.05, 4.69) is 9.84 Å². The van der Waals surface area contributed by atoms with Crippen LogP contribution in [-0.2, 0) is 6.54 Å². The van der Waals surface area contributed by atoms with E-state index in [9.17, 15) is 13.9 Å². The average Bonchev–Trinajstić information content (AvgIpc) is 2.75. The molecule has 2 rings (SSSR count). The maximum absolute atomic E-state index is 12.0. The summed E-state index contributed by atoms with van der Waals surface area (Å²) in [5, 5.41) is 14.4. The summed E-state index contributed by atoms with van der Waals surface area (Å²) < 4.78 is 29.7. The Kier molecular flexibility index (Phi) is 4.34. The molecular formula is C12H11ClF2N2O2. The Bertz CT molecular complexity index is 531. The summed E-state index contributed by atoms with van der Waals surface area (Å²) in [6, 6.07) is 5.79.